The standard InChI is InChI=1S/C13H15N3O/c1-14-13(17)12-15-9-6-2-4-8-5-3-7-10(16-12)11(8)9/h2-7,9,11-12,15-16H,1H3,(H,14,17). The van der Waals surface area contributed by atoms with Crippen LogP contribution in [0.1, 0.15) is 0 Å². The van der Waals surface area contributed by atoms with E-state index in [0.29, 0.717) is 5.92 Å². The molecular formula is C13H15N3O. The number of likely N-dealkylation sites (N-methyl/N-ethyl adjacent to an activating group) is 1. The Morgan fingerprint density at radius 3 is 3.06 bits per heavy atom. The molecule has 3 aliphatic rings. The molecule has 1 saturated heterocycles. The van der Waals surface area contributed by atoms with Crippen LogP contribution in [0, 0.1) is 5.92 Å². The van der Waals surface area contributed by atoms with E-state index < -0.39 is 0 Å². The van der Waals surface area contributed by atoms with Crippen LogP contribution < -0.4 is 16.0 Å². The molecule has 1 aliphatic heterocycles. The summed E-state index contributed by atoms with van der Waals surface area (Å²) in [5.41, 5.74) is 2.39. The van der Waals surface area contributed by atoms with Gasteiger partial charge in [0.2, 0.25) is 0 Å². The summed E-state index contributed by atoms with van der Waals surface area (Å²) in [6.45, 7) is 0. The van der Waals surface area contributed by atoms with Gasteiger partial charge in [0, 0.05) is 24.7 Å². The van der Waals surface area contributed by atoms with Gasteiger partial charge in [-0.05, 0) is 11.6 Å². The first-order valence-corrected chi connectivity index (χ1v) is 5.80. The predicted molar refractivity (Wildman–Crippen MR) is 65.9 cm³/mol. The summed E-state index contributed by atoms with van der Waals surface area (Å²) >= 11 is 0. The highest BCUT2D eigenvalue weighted by Crippen LogP contribution is 2.33. The zero-order chi connectivity index (χ0) is 11.8. The average molecular weight is 229 g/mol. The molecule has 0 aromatic heterocycles. The Hall–Kier alpha value is -1.81. The number of amides is 1. The summed E-state index contributed by atoms with van der Waals surface area (Å²) < 4.78 is 0. The van der Waals surface area contributed by atoms with Gasteiger partial charge in [-0.1, -0.05) is 30.4 Å². The first-order valence-electron chi connectivity index (χ1n) is 5.80. The van der Waals surface area contributed by atoms with E-state index in [1.165, 1.54) is 5.57 Å². The molecule has 3 atom stereocenters. The van der Waals surface area contributed by atoms with Gasteiger partial charge in [0.25, 0.3) is 5.91 Å². The lowest BCUT2D eigenvalue weighted by molar-refractivity contribution is -0.123. The molecule has 88 valence electrons. The molecular weight excluding hydrogens is 214 g/mol. The Morgan fingerprint density at radius 2 is 2.24 bits per heavy atom. The van der Waals surface area contributed by atoms with E-state index in [0.717, 1.165) is 5.70 Å². The maximum atomic E-state index is 11.7. The molecule has 4 heteroatoms. The van der Waals surface area contributed by atoms with Gasteiger partial charge < -0.3 is 10.6 Å². The van der Waals surface area contributed by atoms with Crippen LogP contribution in [0.5, 0.6) is 0 Å². The van der Waals surface area contributed by atoms with Crippen LogP contribution in [-0.4, -0.2) is 25.2 Å². The quantitative estimate of drug-likeness (QED) is 0.601. The topological polar surface area (TPSA) is 53.2 Å². The van der Waals surface area contributed by atoms with Crippen LogP contribution in [0.15, 0.2) is 47.7 Å². The molecule has 3 rings (SSSR count). The maximum Gasteiger partial charge on any atom is 0.257 e. The molecule has 1 heterocycles. The van der Waals surface area contributed by atoms with Crippen molar-refractivity contribution in [2.45, 2.75) is 12.2 Å². The second-order valence-electron chi connectivity index (χ2n) is 4.39. The molecule has 0 radical (unpaired) electrons. The van der Waals surface area contributed by atoms with Crippen molar-refractivity contribution in [1.82, 2.24) is 16.0 Å². The van der Waals surface area contributed by atoms with Crippen LogP contribution in [0.2, 0.25) is 0 Å². The summed E-state index contributed by atoms with van der Waals surface area (Å²) in [5.74, 6) is 0.273. The van der Waals surface area contributed by atoms with Crippen LogP contribution >= 0.6 is 0 Å². The van der Waals surface area contributed by atoms with Gasteiger partial charge >= 0.3 is 0 Å². The number of nitrogens with one attached hydrogen (secondary N) is 3. The third-order valence-corrected chi connectivity index (χ3v) is 3.40. The van der Waals surface area contributed by atoms with Gasteiger partial charge in [-0.15, -0.1) is 0 Å². The zero-order valence-electron chi connectivity index (χ0n) is 9.60. The molecule has 0 aromatic carbocycles. The van der Waals surface area contributed by atoms with Gasteiger partial charge in [0.1, 0.15) is 0 Å². The van der Waals surface area contributed by atoms with E-state index in [4.69, 9.17) is 0 Å². The SMILES string of the molecule is CNC(=O)C1NC2=CC=CC3=CC=CC(N1)C32. The number of hydrogen-bond donors (Lipinski definition) is 3. The van der Waals surface area contributed by atoms with Gasteiger partial charge in [0.05, 0.1) is 0 Å². The molecule has 0 spiro atoms. The monoisotopic (exact) mass is 229 g/mol. The average Bonchev–Trinajstić information content (AvgIpc) is 2.38. The van der Waals surface area contributed by atoms with Crippen molar-refractivity contribution in [3.63, 3.8) is 0 Å². The third-order valence-electron chi connectivity index (χ3n) is 3.40. The minimum Gasteiger partial charge on any atom is -0.365 e. The van der Waals surface area contributed by atoms with Crippen LogP contribution in [0.25, 0.3) is 0 Å². The van der Waals surface area contributed by atoms with Gasteiger partial charge in [-0.2, -0.15) is 0 Å². The van der Waals surface area contributed by atoms with Crippen molar-refractivity contribution in [2.24, 2.45) is 5.92 Å². The Balaban J connectivity index is 1.92. The minimum atomic E-state index is -0.358. The fourth-order valence-corrected chi connectivity index (χ4v) is 2.58. The van der Waals surface area contributed by atoms with Crippen molar-refractivity contribution in [3.05, 3.63) is 47.7 Å². The fourth-order valence-electron chi connectivity index (χ4n) is 2.58. The molecule has 1 fully saturated rings. The van der Waals surface area contributed by atoms with E-state index in [2.05, 4.69) is 34.2 Å². The lowest BCUT2D eigenvalue weighted by Crippen LogP contribution is -2.62. The van der Waals surface area contributed by atoms with Crippen molar-refractivity contribution in [2.75, 3.05) is 7.05 Å². The van der Waals surface area contributed by atoms with Crippen molar-refractivity contribution >= 4 is 5.91 Å². The molecule has 4 nitrogen and oxygen atoms in total. The highest BCUT2D eigenvalue weighted by Gasteiger charge is 2.37. The fraction of sp³-hybridized carbons (Fsp3) is 0.308. The first-order chi connectivity index (χ1) is 8.29. The van der Waals surface area contributed by atoms with E-state index in [-0.39, 0.29) is 18.1 Å². The highest BCUT2D eigenvalue weighted by atomic mass is 16.2. The Bertz CT molecular complexity index is 473. The molecule has 3 unspecified atom stereocenters. The smallest absolute Gasteiger partial charge is 0.257 e. The van der Waals surface area contributed by atoms with Crippen molar-refractivity contribution < 1.29 is 4.79 Å². The van der Waals surface area contributed by atoms with E-state index in [1.807, 2.05) is 18.2 Å². The lowest BCUT2D eigenvalue weighted by atomic mass is 9.80. The second-order valence-corrected chi connectivity index (χ2v) is 4.39. The van der Waals surface area contributed by atoms with Crippen LogP contribution in [0.4, 0.5) is 0 Å². The summed E-state index contributed by atoms with van der Waals surface area (Å²) in [6, 6.07) is 0.190. The molecule has 0 saturated carbocycles. The van der Waals surface area contributed by atoms with Crippen molar-refractivity contribution in [1.29, 1.82) is 0 Å². The Morgan fingerprint density at radius 1 is 1.35 bits per heavy atom. The van der Waals surface area contributed by atoms with Crippen LogP contribution in [-0.2, 0) is 4.79 Å². The van der Waals surface area contributed by atoms with E-state index >= 15 is 0 Å². The zero-order valence-corrected chi connectivity index (χ0v) is 9.60. The van der Waals surface area contributed by atoms with Gasteiger partial charge in [-0.3, -0.25) is 10.1 Å². The van der Waals surface area contributed by atoms with Gasteiger partial charge in [-0.25, -0.2) is 0 Å². The Kier molecular flexibility index (Phi) is 2.37. The largest absolute Gasteiger partial charge is 0.365 e. The molecule has 17 heavy (non-hydrogen) atoms. The summed E-state index contributed by atoms with van der Waals surface area (Å²) in [7, 11) is 1.65. The van der Waals surface area contributed by atoms with Crippen LogP contribution in [0.3, 0.4) is 0 Å². The summed E-state index contributed by atoms with van der Waals surface area (Å²) in [5, 5.41) is 9.21. The number of allylic oxidation sites excluding steroid dienone is 5. The van der Waals surface area contributed by atoms with Gasteiger partial charge in [0.15, 0.2) is 6.17 Å². The van der Waals surface area contributed by atoms with E-state index in [1.54, 1.807) is 7.05 Å². The molecule has 0 bridgehead atoms. The summed E-state index contributed by atoms with van der Waals surface area (Å²) in [6.07, 6.45) is 12.1. The first kappa shape index (κ1) is 10.4. The predicted octanol–water partition coefficient (Wildman–Crippen LogP) is 0.186. The highest BCUT2D eigenvalue weighted by molar-refractivity contribution is 5.81. The number of rotatable bonds is 1. The minimum absolute atomic E-state index is 0.0385. The number of carbonyl (C=O) groups excluding carboxylic acids is 1. The normalized spacial score (nSPS) is 33.1. The molecule has 3 N–H and O–H groups in total. The number of carbonyl (C=O) groups is 1. The third kappa shape index (κ3) is 1.61. The second kappa shape index (κ2) is 3.89. The summed E-state index contributed by atoms with van der Waals surface area (Å²) in [4.78, 5) is 11.7. The number of hydrogen-bond acceptors (Lipinski definition) is 3. The maximum absolute atomic E-state index is 11.7. The van der Waals surface area contributed by atoms with Crippen molar-refractivity contribution in [3.8, 4) is 0 Å². The molecule has 2 aliphatic carbocycles. The molecule has 0 aromatic rings. The Labute approximate surface area is 100 Å². The molecule has 1 amide bonds. The van der Waals surface area contributed by atoms with E-state index in [9.17, 15) is 4.79 Å². The lowest BCUT2D eigenvalue weighted by Gasteiger charge is -2.41.